The van der Waals surface area contributed by atoms with E-state index >= 15 is 0 Å². The highest BCUT2D eigenvalue weighted by atomic mass is 16.5. The minimum atomic E-state index is 0.235. The Bertz CT molecular complexity index is 1210. The summed E-state index contributed by atoms with van der Waals surface area (Å²) in [5.74, 6) is 0.983. The van der Waals surface area contributed by atoms with Crippen LogP contribution in [0.15, 0.2) is 35.3 Å². The van der Waals surface area contributed by atoms with Crippen LogP contribution in [0.5, 0.6) is 11.5 Å². The maximum Gasteiger partial charge on any atom is 0.144 e. The number of fused-ring (bicyclic) bond motifs is 1. The molecule has 3 N–H and O–H groups in total. The normalized spacial score (nSPS) is 15.7. The Hall–Kier alpha value is -3.21. The summed E-state index contributed by atoms with van der Waals surface area (Å²) in [6.45, 7) is 4.10. The fraction of sp³-hybridized carbons (Fsp3) is 0.150. The Morgan fingerprint density at radius 1 is 1.16 bits per heavy atom. The average molecular weight is 333 g/mol. The number of hydrogen-bond acceptors (Lipinski definition) is 3. The number of aromatic amines is 2. The maximum absolute atomic E-state index is 9.98. The number of aromatic hydroxyl groups is 1. The van der Waals surface area contributed by atoms with Crippen molar-refractivity contribution in [2.24, 2.45) is 4.99 Å². The second-order valence-electron chi connectivity index (χ2n) is 6.21. The SMILES string of the molecule is COc1c/c(=C2/C=c3c(O)cccc3=N2)[nH]/c1=C\c1[nH]c(C)cc1C. The number of nitrogens with zero attached hydrogens (tertiary/aromatic N) is 1. The minimum absolute atomic E-state index is 0.235. The third kappa shape index (κ3) is 2.63. The lowest BCUT2D eigenvalue weighted by atomic mass is 10.2. The topological polar surface area (TPSA) is 73.4 Å². The molecule has 0 spiro atoms. The van der Waals surface area contributed by atoms with Gasteiger partial charge in [0.05, 0.1) is 28.9 Å². The molecule has 0 unspecified atom stereocenters. The highest BCUT2D eigenvalue weighted by molar-refractivity contribution is 5.77. The summed E-state index contributed by atoms with van der Waals surface area (Å²) in [7, 11) is 1.65. The van der Waals surface area contributed by atoms with E-state index in [0.717, 1.165) is 44.1 Å². The molecule has 0 bridgehead atoms. The molecule has 1 aliphatic rings. The van der Waals surface area contributed by atoms with E-state index in [1.807, 2.05) is 31.2 Å². The predicted molar refractivity (Wildman–Crippen MR) is 97.2 cm³/mol. The average Bonchev–Trinajstić information content (AvgIpc) is 3.25. The summed E-state index contributed by atoms with van der Waals surface area (Å²) in [6.07, 6.45) is 3.91. The number of ether oxygens (including phenoxy) is 1. The van der Waals surface area contributed by atoms with Crippen molar-refractivity contribution in [1.29, 1.82) is 0 Å². The third-order valence-corrected chi connectivity index (χ3v) is 4.37. The molecule has 0 saturated carbocycles. The van der Waals surface area contributed by atoms with E-state index in [2.05, 4.69) is 28.0 Å². The fourth-order valence-electron chi connectivity index (χ4n) is 3.13. The van der Waals surface area contributed by atoms with Gasteiger partial charge >= 0.3 is 0 Å². The molecule has 4 rings (SSSR count). The van der Waals surface area contributed by atoms with E-state index in [4.69, 9.17) is 4.74 Å². The van der Waals surface area contributed by atoms with Crippen LogP contribution in [0.2, 0.25) is 0 Å². The van der Waals surface area contributed by atoms with Gasteiger partial charge in [0.25, 0.3) is 0 Å². The van der Waals surface area contributed by atoms with Gasteiger partial charge in [0.2, 0.25) is 0 Å². The van der Waals surface area contributed by atoms with Crippen molar-refractivity contribution in [2.45, 2.75) is 13.8 Å². The maximum atomic E-state index is 9.98. The largest absolute Gasteiger partial charge is 0.507 e. The van der Waals surface area contributed by atoms with Crippen molar-refractivity contribution in [3.8, 4) is 11.5 Å². The van der Waals surface area contributed by atoms with Crippen molar-refractivity contribution in [2.75, 3.05) is 7.11 Å². The highest BCUT2D eigenvalue weighted by Gasteiger charge is 2.08. The number of benzene rings is 1. The van der Waals surface area contributed by atoms with Gasteiger partial charge in [-0.25, -0.2) is 4.99 Å². The number of H-pyrrole nitrogens is 2. The standard InChI is InChI=1S/C20H19N3O2/c1-11-7-12(2)21-15(11)9-18-20(25-3)10-17(23-18)16-8-13-14(22-16)5-4-6-19(13)24/h4-10,21,23-24H,1-3H3/b17-16+,18-9-. The number of nitrogens with one attached hydrogen (secondary N) is 2. The molecule has 0 radical (unpaired) electrons. The molecule has 1 aromatic carbocycles. The number of phenolic OH excluding ortho intramolecular Hbond substituents is 1. The predicted octanol–water partition coefficient (Wildman–Crippen LogP) is 0.725. The van der Waals surface area contributed by atoms with Crippen LogP contribution in [-0.4, -0.2) is 22.2 Å². The Kier molecular flexibility index (Phi) is 3.50. The molecule has 126 valence electrons. The van der Waals surface area contributed by atoms with Crippen molar-refractivity contribution in [3.63, 3.8) is 0 Å². The van der Waals surface area contributed by atoms with Gasteiger partial charge in [0.15, 0.2) is 0 Å². The van der Waals surface area contributed by atoms with Gasteiger partial charge in [0.1, 0.15) is 11.5 Å². The molecule has 0 atom stereocenters. The smallest absolute Gasteiger partial charge is 0.144 e. The molecule has 0 fully saturated rings. The molecule has 0 aliphatic carbocycles. The first-order chi connectivity index (χ1) is 12.0. The zero-order valence-electron chi connectivity index (χ0n) is 14.3. The van der Waals surface area contributed by atoms with Crippen LogP contribution in [-0.2, 0) is 0 Å². The molecule has 5 nitrogen and oxygen atoms in total. The van der Waals surface area contributed by atoms with E-state index in [0.29, 0.717) is 0 Å². The van der Waals surface area contributed by atoms with Crippen LogP contribution in [0.1, 0.15) is 17.0 Å². The molecule has 1 aliphatic heterocycles. The third-order valence-electron chi connectivity index (χ3n) is 4.37. The summed E-state index contributed by atoms with van der Waals surface area (Å²) >= 11 is 0. The van der Waals surface area contributed by atoms with E-state index in [1.165, 1.54) is 5.56 Å². The lowest BCUT2D eigenvalue weighted by Crippen LogP contribution is -2.20. The Morgan fingerprint density at radius 3 is 2.68 bits per heavy atom. The zero-order valence-corrected chi connectivity index (χ0v) is 14.3. The summed E-state index contributed by atoms with van der Waals surface area (Å²) in [6, 6.07) is 9.38. The van der Waals surface area contributed by atoms with Gasteiger partial charge in [-0.2, -0.15) is 0 Å². The molecule has 5 heteroatoms. The van der Waals surface area contributed by atoms with Crippen molar-refractivity contribution in [3.05, 3.63) is 68.6 Å². The van der Waals surface area contributed by atoms with Crippen LogP contribution in [0.3, 0.4) is 0 Å². The molecule has 25 heavy (non-hydrogen) atoms. The minimum Gasteiger partial charge on any atom is -0.507 e. The fourth-order valence-corrected chi connectivity index (χ4v) is 3.13. The van der Waals surface area contributed by atoms with Gasteiger partial charge in [-0.3, -0.25) is 0 Å². The van der Waals surface area contributed by atoms with E-state index < -0.39 is 0 Å². The number of aryl methyl sites for hydroxylation is 2. The molecule has 3 aromatic rings. The first-order valence-electron chi connectivity index (χ1n) is 8.09. The van der Waals surface area contributed by atoms with Crippen LogP contribution < -0.4 is 26.0 Å². The molecule has 0 amide bonds. The molecular weight excluding hydrogens is 314 g/mol. The summed E-state index contributed by atoms with van der Waals surface area (Å²) < 4.78 is 5.51. The van der Waals surface area contributed by atoms with Crippen molar-refractivity contribution >= 4 is 17.8 Å². The first kappa shape index (κ1) is 15.3. The second-order valence-corrected chi connectivity index (χ2v) is 6.21. The number of phenols is 1. The highest BCUT2D eigenvalue weighted by Crippen LogP contribution is 2.11. The Balaban J connectivity index is 1.94. The van der Waals surface area contributed by atoms with Gasteiger partial charge in [-0.1, -0.05) is 6.07 Å². The molecule has 0 saturated heterocycles. The second kappa shape index (κ2) is 5.70. The van der Waals surface area contributed by atoms with Gasteiger partial charge in [-0.15, -0.1) is 0 Å². The van der Waals surface area contributed by atoms with Crippen LogP contribution in [0, 0.1) is 13.8 Å². The lowest BCUT2D eigenvalue weighted by Gasteiger charge is -1.94. The van der Waals surface area contributed by atoms with E-state index in [9.17, 15) is 5.11 Å². The van der Waals surface area contributed by atoms with Crippen molar-refractivity contribution in [1.82, 2.24) is 9.97 Å². The zero-order chi connectivity index (χ0) is 17.6. The molecule has 3 heterocycles. The van der Waals surface area contributed by atoms with Gasteiger partial charge in [0, 0.05) is 22.7 Å². The van der Waals surface area contributed by atoms with Gasteiger partial charge in [-0.05, 0) is 49.8 Å². The molecular formula is C20H19N3O2. The number of rotatable bonds is 2. The number of methoxy groups -OCH3 is 1. The van der Waals surface area contributed by atoms with Gasteiger partial charge < -0.3 is 19.8 Å². The summed E-state index contributed by atoms with van der Waals surface area (Å²) in [5.41, 5.74) is 4.11. The lowest BCUT2D eigenvalue weighted by molar-refractivity contribution is 0.412. The number of hydrogen-bond donors (Lipinski definition) is 3. The summed E-state index contributed by atoms with van der Waals surface area (Å²) in [5, 5.41) is 13.2. The quantitative estimate of drug-likeness (QED) is 0.647. The Labute approximate surface area is 144 Å². The Morgan fingerprint density at radius 2 is 2.00 bits per heavy atom. The van der Waals surface area contributed by atoms with E-state index in [-0.39, 0.29) is 5.75 Å². The number of aromatic nitrogens is 2. The summed E-state index contributed by atoms with van der Waals surface area (Å²) in [4.78, 5) is 11.3. The van der Waals surface area contributed by atoms with Crippen molar-refractivity contribution < 1.29 is 9.84 Å². The van der Waals surface area contributed by atoms with E-state index in [1.54, 1.807) is 19.2 Å². The van der Waals surface area contributed by atoms with Crippen LogP contribution in [0.25, 0.3) is 17.8 Å². The van der Waals surface area contributed by atoms with Crippen LogP contribution >= 0.6 is 0 Å². The molecule has 2 aromatic heterocycles. The monoisotopic (exact) mass is 333 g/mol. The first-order valence-corrected chi connectivity index (χ1v) is 8.09. The van der Waals surface area contributed by atoms with Crippen LogP contribution in [0.4, 0.5) is 0 Å².